The van der Waals surface area contributed by atoms with Gasteiger partial charge in [0.15, 0.2) is 5.96 Å². The van der Waals surface area contributed by atoms with Crippen molar-refractivity contribution in [1.82, 2.24) is 10.6 Å². The van der Waals surface area contributed by atoms with Crippen molar-refractivity contribution in [3.8, 4) is 0 Å². The first kappa shape index (κ1) is 19.7. The summed E-state index contributed by atoms with van der Waals surface area (Å²) in [7, 11) is 1.69. The molecule has 6 heteroatoms. The maximum absolute atomic E-state index is 11.8. The SMILES string of the molecule is CN=C(NCCC(C)C)NCC(=O)Nc1ccccc1.I. The molecule has 5 nitrogen and oxygen atoms in total. The van der Waals surface area contributed by atoms with Crippen LogP contribution in [-0.2, 0) is 4.79 Å². The molecule has 0 bridgehead atoms. The van der Waals surface area contributed by atoms with E-state index in [0.29, 0.717) is 11.9 Å². The zero-order valence-electron chi connectivity index (χ0n) is 12.8. The number of para-hydroxylation sites is 1. The highest BCUT2D eigenvalue weighted by atomic mass is 127. The van der Waals surface area contributed by atoms with Gasteiger partial charge in [-0.1, -0.05) is 32.0 Å². The van der Waals surface area contributed by atoms with Gasteiger partial charge < -0.3 is 16.0 Å². The lowest BCUT2D eigenvalue weighted by Gasteiger charge is -2.12. The number of anilines is 1. The van der Waals surface area contributed by atoms with Crippen LogP contribution >= 0.6 is 24.0 Å². The predicted octanol–water partition coefficient (Wildman–Crippen LogP) is 2.45. The van der Waals surface area contributed by atoms with Crippen LogP contribution in [0.1, 0.15) is 20.3 Å². The Bertz CT molecular complexity index is 435. The molecule has 21 heavy (non-hydrogen) atoms. The molecule has 0 radical (unpaired) electrons. The number of amides is 1. The van der Waals surface area contributed by atoms with E-state index in [1.807, 2.05) is 30.3 Å². The smallest absolute Gasteiger partial charge is 0.243 e. The van der Waals surface area contributed by atoms with E-state index in [9.17, 15) is 4.79 Å². The Morgan fingerprint density at radius 3 is 2.43 bits per heavy atom. The maximum Gasteiger partial charge on any atom is 0.243 e. The summed E-state index contributed by atoms with van der Waals surface area (Å²) in [5.74, 6) is 1.19. The molecule has 0 aliphatic rings. The monoisotopic (exact) mass is 404 g/mol. The van der Waals surface area contributed by atoms with E-state index in [1.165, 1.54) is 0 Å². The standard InChI is InChI=1S/C15H24N4O.HI/c1-12(2)9-10-17-15(16-3)18-11-14(20)19-13-7-5-4-6-8-13;/h4-8,12H,9-11H2,1-3H3,(H,19,20)(H2,16,17,18);1H. The van der Waals surface area contributed by atoms with Gasteiger partial charge in [-0.25, -0.2) is 0 Å². The quantitative estimate of drug-likeness (QED) is 0.388. The van der Waals surface area contributed by atoms with Crippen LogP contribution in [0.15, 0.2) is 35.3 Å². The molecule has 0 aliphatic carbocycles. The molecule has 1 aromatic rings. The number of carbonyl (C=O) groups excluding carboxylic acids is 1. The number of nitrogens with zero attached hydrogens (tertiary/aromatic N) is 1. The fourth-order valence-electron chi connectivity index (χ4n) is 1.59. The predicted molar refractivity (Wildman–Crippen MR) is 99.3 cm³/mol. The lowest BCUT2D eigenvalue weighted by molar-refractivity contribution is -0.115. The van der Waals surface area contributed by atoms with E-state index in [-0.39, 0.29) is 36.4 Å². The van der Waals surface area contributed by atoms with E-state index in [1.54, 1.807) is 7.05 Å². The van der Waals surface area contributed by atoms with Crippen LogP contribution in [-0.4, -0.2) is 32.0 Å². The fourth-order valence-corrected chi connectivity index (χ4v) is 1.59. The molecule has 118 valence electrons. The Morgan fingerprint density at radius 1 is 1.19 bits per heavy atom. The number of nitrogens with one attached hydrogen (secondary N) is 3. The number of rotatable bonds is 6. The summed E-state index contributed by atoms with van der Waals surface area (Å²) in [5.41, 5.74) is 0.794. The molecular weight excluding hydrogens is 379 g/mol. The summed E-state index contributed by atoms with van der Waals surface area (Å²) in [4.78, 5) is 15.8. The fraction of sp³-hybridized carbons (Fsp3) is 0.467. The summed E-state index contributed by atoms with van der Waals surface area (Å²) in [6.07, 6.45) is 1.07. The Morgan fingerprint density at radius 2 is 1.86 bits per heavy atom. The number of guanidine groups is 1. The van der Waals surface area contributed by atoms with Crippen LogP contribution in [0.25, 0.3) is 0 Å². The summed E-state index contributed by atoms with van der Waals surface area (Å²) in [6, 6.07) is 9.39. The van der Waals surface area contributed by atoms with Crippen molar-refractivity contribution in [2.45, 2.75) is 20.3 Å². The molecule has 0 aliphatic heterocycles. The zero-order chi connectivity index (χ0) is 14.8. The van der Waals surface area contributed by atoms with Crippen LogP contribution in [0.2, 0.25) is 0 Å². The number of hydrogen-bond donors (Lipinski definition) is 3. The lowest BCUT2D eigenvalue weighted by Crippen LogP contribution is -2.41. The average molecular weight is 404 g/mol. The van der Waals surface area contributed by atoms with E-state index >= 15 is 0 Å². The number of hydrogen-bond acceptors (Lipinski definition) is 2. The first-order valence-corrected chi connectivity index (χ1v) is 6.91. The largest absolute Gasteiger partial charge is 0.356 e. The molecule has 0 fully saturated rings. The van der Waals surface area contributed by atoms with Crippen molar-refractivity contribution < 1.29 is 4.79 Å². The summed E-state index contributed by atoms with van der Waals surface area (Å²) in [5, 5.41) is 8.98. The zero-order valence-corrected chi connectivity index (χ0v) is 15.2. The Kier molecular flexibility index (Phi) is 10.7. The van der Waals surface area contributed by atoms with E-state index < -0.39 is 0 Å². The normalized spacial score (nSPS) is 10.8. The Hall–Kier alpha value is -1.31. The van der Waals surface area contributed by atoms with Gasteiger partial charge in [0.2, 0.25) is 5.91 Å². The first-order valence-electron chi connectivity index (χ1n) is 6.91. The van der Waals surface area contributed by atoms with Gasteiger partial charge in [-0.15, -0.1) is 24.0 Å². The van der Waals surface area contributed by atoms with Gasteiger partial charge in [0.1, 0.15) is 0 Å². The van der Waals surface area contributed by atoms with E-state index in [4.69, 9.17) is 0 Å². The van der Waals surface area contributed by atoms with Crippen molar-refractivity contribution in [3.63, 3.8) is 0 Å². The van der Waals surface area contributed by atoms with Crippen molar-refractivity contribution in [1.29, 1.82) is 0 Å². The summed E-state index contributed by atoms with van der Waals surface area (Å²) in [6.45, 7) is 5.38. The topological polar surface area (TPSA) is 65.5 Å². The molecule has 0 atom stereocenters. The van der Waals surface area contributed by atoms with Crippen molar-refractivity contribution in [3.05, 3.63) is 30.3 Å². The minimum Gasteiger partial charge on any atom is -0.356 e. The molecule has 0 spiro atoms. The van der Waals surface area contributed by atoms with Gasteiger partial charge in [-0.05, 0) is 24.5 Å². The van der Waals surface area contributed by atoms with Gasteiger partial charge in [0.05, 0.1) is 6.54 Å². The van der Waals surface area contributed by atoms with Crippen molar-refractivity contribution in [2.75, 3.05) is 25.5 Å². The second-order valence-corrected chi connectivity index (χ2v) is 4.95. The molecule has 1 amide bonds. The van der Waals surface area contributed by atoms with Crippen LogP contribution in [0.5, 0.6) is 0 Å². The van der Waals surface area contributed by atoms with Crippen LogP contribution < -0.4 is 16.0 Å². The van der Waals surface area contributed by atoms with Crippen molar-refractivity contribution >= 4 is 41.5 Å². The third-order valence-corrected chi connectivity index (χ3v) is 2.71. The van der Waals surface area contributed by atoms with Gasteiger partial charge in [0, 0.05) is 19.3 Å². The number of carbonyl (C=O) groups is 1. The van der Waals surface area contributed by atoms with E-state index in [2.05, 4.69) is 34.8 Å². The summed E-state index contributed by atoms with van der Waals surface area (Å²) < 4.78 is 0. The summed E-state index contributed by atoms with van der Waals surface area (Å²) >= 11 is 0. The average Bonchev–Trinajstić information content (AvgIpc) is 2.43. The molecule has 1 rings (SSSR count). The Labute approximate surface area is 144 Å². The number of benzene rings is 1. The molecule has 0 unspecified atom stereocenters. The third kappa shape index (κ3) is 9.28. The molecule has 0 saturated heterocycles. The molecule has 3 N–H and O–H groups in total. The van der Waals surface area contributed by atoms with E-state index in [0.717, 1.165) is 18.7 Å². The first-order chi connectivity index (χ1) is 9.61. The van der Waals surface area contributed by atoms with Gasteiger partial charge in [-0.2, -0.15) is 0 Å². The van der Waals surface area contributed by atoms with Gasteiger partial charge in [0.25, 0.3) is 0 Å². The van der Waals surface area contributed by atoms with Gasteiger partial charge in [-0.3, -0.25) is 9.79 Å². The highest BCUT2D eigenvalue weighted by Gasteiger charge is 2.04. The highest BCUT2D eigenvalue weighted by molar-refractivity contribution is 14.0. The van der Waals surface area contributed by atoms with Crippen LogP contribution in [0, 0.1) is 5.92 Å². The molecule has 0 heterocycles. The maximum atomic E-state index is 11.8. The minimum atomic E-state index is -0.0944. The Balaban J connectivity index is 0.00000400. The highest BCUT2D eigenvalue weighted by Crippen LogP contribution is 2.03. The van der Waals surface area contributed by atoms with Gasteiger partial charge >= 0.3 is 0 Å². The third-order valence-electron chi connectivity index (χ3n) is 2.71. The molecular formula is C15H25IN4O. The minimum absolute atomic E-state index is 0. The molecule has 0 saturated carbocycles. The second-order valence-electron chi connectivity index (χ2n) is 4.95. The van der Waals surface area contributed by atoms with Crippen molar-refractivity contribution in [2.24, 2.45) is 10.9 Å². The second kappa shape index (κ2) is 11.4. The number of halogens is 1. The van der Waals surface area contributed by atoms with Crippen LogP contribution in [0.4, 0.5) is 5.69 Å². The van der Waals surface area contributed by atoms with Crippen LogP contribution in [0.3, 0.4) is 0 Å². The molecule has 0 aromatic heterocycles. The molecule has 1 aromatic carbocycles. The lowest BCUT2D eigenvalue weighted by atomic mass is 10.1. The number of aliphatic imine (C=N–C) groups is 1.